The van der Waals surface area contributed by atoms with Crippen molar-refractivity contribution < 1.29 is 9.18 Å². The standard InChI is InChI=1S/C12H12FNO/c1-9(15)11(8-14-2)7-10-3-5-12(13)6-4-10/h3-6,8H,2,7H2,1H3/b11-8-. The van der Waals surface area contributed by atoms with Gasteiger partial charge in [-0.05, 0) is 31.3 Å². The van der Waals surface area contributed by atoms with Crippen LogP contribution in [0.4, 0.5) is 4.39 Å². The summed E-state index contributed by atoms with van der Waals surface area (Å²) in [5, 5.41) is 0. The second kappa shape index (κ2) is 5.20. The second-order valence-electron chi connectivity index (χ2n) is 3.20. The van der Waals surface area contributed by atoms with Crippen LogP contribution in [0.2, 0.25) is 0 Å². The van der Waals surface area contributed by atoms with E-state index in [2.05, 4.69) is 11.7 Å². The zero-order valence-electron chi connectivity index (χ0n) is 8.53. The predicted molar refractivity (Wildman–Crippen MR) is 58.4 cm³/mol. The van der Waals surface area contributed by atoms with Crippen molar-refractivity contribution >= 4 is 12.5 Å². The molecule has 0 amide bonds. The van der Waals surface area contributed by atoms with E-state index in [1.165, 1.54) is 25.3 Å². The molecular formula is C12H12FNO. The first-order chi connectivity index (χ1) is 7.13. The molecule has 0 aliphatic heterocycles. The number of allylic oxidation sites excluding steroid dienone is 1. The Bertz CT molecular complexity index is 393. The Morgan fingerprint density at radius 1 is 1.47 bits per heavy atom. The third-order valence-electron chi connectivity index (χ3n) is 2.01. The molecule has 0 aliphatic rings. The molecule has 0 bridgehead atoms. The highest BCUT2D eigenvalue weighted by Gasteiger charge is 2.04. The van der Waals surface area contributed by atoms with Crippen molar-refractivity contribution in [3.05, 3.63) is 47.4 Å². The Morgan fingerprint density at radius 2 is 2.07 bits per heavy atom. The average Bonchev–Trinajstić information content (AvgIpc) is 2.20. The molecule has 1 aromatic carbocycles. The van der Waals surface area contributed by atoms with Gasteiger partial charge in [0.15, 0.2) is 5.78 Å². The van der Waals surface area contributed by atoms with Crippen LogP contribution in [-0.4, -0.2) is 12.5 Å². The number of Topliss-reactive ketones (excluding diaryl/α,β-unsaturated/α-hetero) is 1. The van der Waals surface area contributed by atoms with Gasteiger partial charge < -0.3 is 0 Å². The van der Waals surface area contributed by atoms with E-state index in [1.54, 1.807) is 12.1 Å². The summed E-state index contributed by atoms with van der Waals surface area (Å²) in [6, 6.07) is 6.03. The Kier molecular flexibility index (Phi) is 3.92. The molecule has 0 saturated heterocycles. The third kappa shape index (κ3) is 3.46. The summed E-state index contributed by atoms with van der Waals surface area (Å²) in [4.78, 5) is 14.7. The number of hydrogen-bond donors (Lipinski definition) is 0. The molecule has 0 unspecified atom stereocenters. The molecule has 3 heteroatoms. The van der Waals surface area contributed by atoms with E-state index in [4.69, 9.17) is 0 Å². The topological polar surface area (TPSA) is 29.4 Å². The molecule has 0 saturated carbocycles. The molecule has 1 aromatic rings. The van der Waals surface area contributed by atoms with Gasteiger partial charge in [-0.15, -0.1) is 0 Å². The highest BCUT2D eigenvalue weighted by atomic mass is 19.1. The maximum atomic E-state index is 12.6. The Morgan fingerprint density at radius 3 is 2.53 bits per heavy atom. The second-order valence-corrected chi connectivity index (χ2v) is 3.20. The lowest BCUT2D eigenvalue weighted by Gasteiger charge is -2.02. The van der Waals surface area contributed by atoms with Gasteiger partial charge in [0, 0.05) is 18.2 Å². The number of aliphatic imine (C=N–C) groups is 1. The number of carbonyl (C=O) groups is 1. The van der Waals surface area contributed by atoms with Crippen molar-refractivity contribution in [2.24, 2.45) is 4.99 Å². The van der Waals surface area contributed by atoms with Crippen LogP contribution in [0.15, 0.2) is 41.0 Å². The summed E-state index contributed by atoms with van der Waals surface area (Å²) >= 11 is 0. The number of carbonyl (C=O) groups excluding carboxylic acids is 1. The number of ketones is 1. The van der Waals surface area contributed by atoms with Crippen molar-refractivity contribution in [2.75, 3.05) is 0 Å². The quantitative estimate of drug-likeness (QED) is 0.548. The number of benzene rings is 1. The monoisotopic (exact) mass is 205 g/mol. The molecule has 0 aromatic heterocycles. The fourth-order valence-electron chi connectivity index (χ4n) is 1.19. The Hall–Kier alpha value is -1.77. The molecule has 0 spiro atoms. The van der Waals surface area contributed by atoms with Crippen molar-refractivity contribution in [1.29, 1.82) is 0 Å². The number of halogens is 1. The molecule has 0 N–H and O–H groups in total. The van der Waals surface area contributed by atoms with Crippen LogP contribution < -0.4 is 0 Å². The first kappa shape index (κ1) is 11.3. The van der Waals surface area contributed by atoms with Gasteiger partial charge in [0.05, 0.1) is 0 Å². The summed E-state index contributed by atoms with van der Waals surface area (Å²) < 4.78 is 12.6. The van der Waals surface area contributed by atoms with Crippen LogP contribution in [0.1, 0.15) is 12.5 Å². The molecule has 0 fully saturated rings. The largest absolute Gasteiger partial charge is 0.295 e. The summed E-state index contributed by atoms with van der Waals surface area (Å²) in [7, 11) is 0. The maximum Gasteiger partial charge on any atom is 0.157 e. The third-order valence-corrected chi connectivity index (χ3v) is 2.01. The first-order valence-corrected chi connectivity index (χ1v) is 4.53. The molecule has 15 heavy (non-hydrogen) atoms. The van der Waals surface area contributed by atoms with Gasteiger partial charge in [-0.2, -0.15) is 0 Å². The summed E-state index contributed by atoms with van der Waals surface area (Å²) in [5.74, 6) is -0.333. The summed E-state index contributed by atoms with van der Waals surface area (Å²) in [5.41, 5.74) is 1.44. The van der Waals surface area contributed by atoms with E-state index >= 15 is 0 Å². The van der Waals surface area contributed by atoms with Gasteiger partial charge in [-0.3, -0.25) is 9.79 Å². The normalized spacial score (nSPS) is 11.2. The lowest BCUT2D eigenvalue weighted by molar-refractivity contribution is -0.113. The summed E-state index contributed by atoms with van der Waals surface area (Å²) in [6.07, 6.45) is 1.89. The van der Waals surface area contributed by atoms with Gasteiger partial charge >= 0.3 is 0 Å². The van der Waals surface area contributed by atoms with E-state index in [1.807, 2.05) is 0 Å². The predicted octanol–water partition coefficient (Wildman–Crippen LogP) is 2.54. The lowest BCUT2D eigenvalue weighted by atomic mass is 10.0. The molecule has 1 rings (SSSR count). The minimum Gasteiger partial charge on any atom is -0.295 e. The molecule has 0 aliphatic carbocycles. The number of nitrogens with zero attached hydrogens (tertiary/aromatic N) is 1. The van der Waals surface area contributed by atoms with Crippen LogP contribution in [0.3, 0.4) is 0 Å². The van der Waals surface area contributed by atoms with E-state index in [0.29, 0.717) is 12.0 Å². The van der Waals surface area contributed by atoms with Gasteiger partial charge in [-0.25, -0.2) is 4.39 Å². The van der Waals surface area contributed by atoms with Crippen LogP contribution in [0, 0.1) is 5.82 Å². The minimum absolute atomic E-state index is 0.0493. The molecule has 78 valence electrons. The van der Waals surface area contributed by atoms with E-state index in [0.717, 1.165) is 5.56 Å². The molecule has 2 nitrogen and oxygen atoms in total. The van der Waals surface area contributed by atoms with Gasteiger partial charge in [0.1, 0.15) is 5.82 Å². The van der Waals surface area contributed by atoms with Crippen molar-refractivity contribution in [3.8, 4) is 0 Å². The highest BCUT2D eigenvalue weighted by molar-refractivity contribution is 5.93. The Balaban J connectivity index is 2.83. The zero-order valence-corrected chi connectivity index (χ0v) is 8.53. The van der Waals surface area contributed by atoms with Crippen LogP contribution in [0.25, 0.3) is 0 Å². The van der Waals surface area contributed by atoms with Gasteiger partial charge in [0.25, 0.3) is 0 Å². The SMILES string of the molecule is C=N/C=C(/Cc1ccc(F)cc1)C(C)=O. The Labute approximate surface area is 88.2 Å². The van der Waals surface area contributed by atoms with Crippen molar-refractivity contribution in [1.82, 2.24) is 0 Å². The fraction of sp³-hybridized carbons (Fsp3) is 0.167. The van der Waals surface area contributed by atoms with Crippen LogP contribution in [-0.2, 0) is 11.2 Å². The van der Waals surface area contributed by atoms with Crippen LogP contribution >= 0.6 is 0 Å². The summed E-state index contributed by atoms with van der Waals surface area (Å²) in [6.45, 7) is 4.77. The molecule has 0 heterocycles. The number of hydrogen-bond acceptors (Lipinski definition) is 2. The average molecular weight is 205 g/mol. The van der Waals surface area contributed by atoms with E-state index in [9.17, 15) is 9.18 Å². The first-order valence-electron chi connectivity index (χ1n) is 4.53. The highest BCUT2D eigenvalue weighted by Crippen LogP contribution is 2.10. The van der Waals surface area contributed by atoms with E-state index in [-0.39, 0.29) is 11.6 Å². The smallest absolute Gasteiger partial charge is 0.157 e. The van der Waals surface area contributed by atoms with E-state index < -0.39 is 0 Å². The zero-order chi connectivity index (χ0) is 11.3. The molecular weight excluding hydrogens is 193 g/mol. The molecule has 0 radical (unpaired) electrons. The van der Waals surface area contributed by atoms with Crippen LogP contribution in [0.5, 0.6) is 0 Å². The number of rotatable bonds is 4. The van der Waals surface area contributed by atoms with Gasteiger partial charge in [-0.1, -0.05) is 12.1 Å². The lowest BCUT2D eigenvalue weighted by Crippen LogP contribution is -2.00. The fourth-order valence-corrected chi connectivity index (χ4v) is 1.19. The van der Waals surface area contributed by atoms with Crippen molar-refractivity contribution in [3.63, 3.8) is 0 Å². The van der Waals surface area contributed by atoms with Gasteiger partial charge in [0.2, 0.25) is 0 Å². The van der Waals surface area contributed by atoms with Crippen molar-refractivity contribution in [2.45, 2.75) is 13.3 Å². The molecule has 0 atom stereocenters. The maximum absolute atomic E-state index is 12.6. The minimum atomic E-state index is -0.283.